The molecule has 0 aliphatic carbocycles. The van der Waals surface area contributed by atoms with Gasteiger partial charge in [-0.3, -0.25) is 9.32 Å². The molecule has 1 unspecified atom stereocenters. The number of aliphatic hydroxyl groups excluding tert-OH is 1. The predicted octanol–water partition coefficient (Wildman–Crippen LogP) is 3.98. The van der Waals surface area contributed by atoms with Crippen molar-refractivity contribution in [1.29, 1.82) is 5.26 Å². The van der Waals surface area contributed by atoms with Gasteiger partial charge in [-0.05, 0) is 51.0 Å². The fourth-order valence-corrected chi connectivity index (χ4v) is 6.72. The lowest BCUT2D eigenvalue weighted by molar-refractivity contribution is -0.151. The number of aromatic nitrogens is 3. The number of ether oxygens (including phenoxy) is 2. The van der Waals surface area contributed by atoms with Gasteiger partial charge in [-0.15, -0.1) is 0 Å². The summed E-state index contributed by atoms with van der Waals surface area (Å²) in [6, 6.07) is 13.8. The second-order valence-electron chi connectivity index (χ2n) is 11.2. The van der Waals surface area contributed by atoms with Crippen LogP contribution in [-0.4, -0.2) is 56.6 Å². The lowest BCUT2D eigenvalue weighted by Crippen LogP contribution is -2.47. The van der Waals surface area contributed by atoms with Crippen LogP contribution in [0.1, 0.15) is 53.2 Å². The SMILES string of the molecule is CCC(CC)COC(=O)C(C)(C)NP(=O)(OC[C@H]1O[C@@](C)(c2ccc3c(N)ncnn23)[C@@H](C#N)[C@@H]1O)Oc1ccccc1. The Hall–Kier alpha value is -3.53. The van der Waals surface area contributed by atoms with E-state index in [1.54, 1.807) is 49.4 Å². The quantitative estimate of drug-likeness (QED) is 0.186. The van der Waals surface area contributed by atoms with Crippen LogP contribution in [0.2, 0.25) is 0 Å². The van der Waals surface area contributed by atoms with Crippen LogP contribution in [-0.2, 0) is 29.0 Å². The van der Waals surface area contributed by atoms with Crippen molar-refractivity contribution >= 4 is 25.1 Å². The Kier molecular flexibility index (Phi) is 9.79. The molecule has 0 radical (unpaired) electrons. The summed E-state index contributed by atoms with van der Waals surface area (Å²) in [6.45, 7) is 8.51. The average molecular weight is 615 g/mol. The molecule has 0 bridgehead atoms. The van der Waals surface area contributed by atoms with Crippen molar-refractivity contribution in [2.24, 2.45) is 11.8 Å². The van der Waals surface area contributed by atoms with Gasteiger partial charge in [-0.1, -0.05) is 44.9 Å². The molecule has 2 aromatic heterocycles. The molecule has 1 aliphatic heterocycles. The lowest BCUT2D eigenvalue weighted by Gasteiger charge is -2.30. The van der Waals surface area contributed by atoms with Gasteiger partial charge in [-0.25, -0.2) is 14.1 Å². The Morgan fingerprint density at radius 2 is 1.98 bits per heavy atom. The van der Waals surface area contributed by atoms with Gasteiger partial charge in [-0.2, -0.15) is 15.4 Å². The molecular formula is C29H39N6O7P. The van der Waals surface area contributed by atoms with E-state index in [0.29, 0.717) is 11.2 Å². The predicted molar refractivity (Wildman–Crippen MR) is 158 cm³/mol. The Morgan fingerprint density at radius 3 is 2.63 bits per heavy atom. The molecule has 3 heterocycles. The first-order valence-corrected chi connectivity index (χ1v) is 15.7. The molecule has 13 nitrogen and oxygen atoms in total. The standard InChI is InChI=1S/C29H39N6O7P/c1-6-19(7-2)16-39-27(37)28(3,4)34-43(38,42-20-11-9-8-10-12-20)40-17-23-25(36)21(15-30)29(5,41-23)24-14-13-22-26(31)32-18-33-35(22)24/h8-14,18-19,21,23,25,36H,6-7,16-17H2,1-5H3,(H,34,38)(H2,31,32,33)/t21-,23+,25-,29+,43?/m0/s1. The van der Waals surface area contributed by atoms with Gasteiger partial charge in [0.2, 0.25) is 0 Å². The van der Waals surface area contributed by atoms with E-state index in [1.165, 1.54) is 24.7 Å². The van der Waals surface area contributed by atoms with Gasteiger partial charge in [0.15, 0.2) is 5.82 Å². The van der Waals surface area contributed by atoms with Crippen LogP contribution in [0.3, 0.4) is 0 Å². The first kappa shape index (κ1) is 32.4. The fourth-order valence-electron chi connectivity index (χ4n) is 5.04. The maximum absolute atomic E-state index is 14.2. The molecule has 1 fully saturated rings. The number of rotatable bonds is 13. The van der Waals surface area contributed by atoms with Crippen molar-refractivity contribution < 1.29 is 33.0 Å². The van der Waals surface area contributed by atoms with Crippen LogP contribution in [0, 0.1) is 23.2 Å². The molecular weight excluding hydrogens is 575 g/mol. The number of nitriles is 1. The number of hydrogen-bond acceptors (Lipinski definition) is 11. The molecule has 1 saturated heterocycles. The number of para-hydroxylation sites is 1. The van der Waals surface area contributed by atoms with Crippen molar-refractivity contribution in [2.45, 2.75) is 70.8 Å². The van der Waals surface area contributed by atoms with Crippen LogP contribution in [0.25, 0.3) is 5.52 Å². The second kappa shape index (κ2) is 13.0. The van der Waals surface area contributed by atoms with Crippen LogP contribution in [0.4, 0.5) is 5.82 Å². The highest BCUT2D eigenvalue weighted by Gasteiger charge is 2.55. The topological polar surface area (TPSA) is 183 Å². The molecule has 1 aliphatic rings. The largest absolute Gasteiger partial charge is 0.464 e. The summed E-state index contributed by atoms with van der Waals surface area (Å²) in [5, 5.41) is 28.2. The van der Waals surface area contributed by atoms with E-state index in [1.807, 2.05) is 13.8 Å². The number of anilines is 1. The minimum Gasteiger partial charge on any atom is -0.464 e. The monoisotopic (exact) mass is 614 g/mol. The second-order valence-corrected chi connectivity index (χ2v) is 12.9. The molecule has 1 aromatic carbocycles. The van der Waals surface area contributed by atoms with Gasteiger partial charge in [0.1, 0.15) is 46.9 Å². The smallest absolute Gasteiger partial charge is 0.459 e. The Bertz CT molecular complexity index is 1510. The summed E-state index contributed by atoms with van der Waals surface area (Å²) in [6.07, 6.45) is 0.550. The van der Waals surface area contributed by atoms with E-state index in [9.17, 15) is 19.7 Å². The number of fused-ring (bicyclic) bond motifs is 1. The molecule has 0 spiro atoms. The van der Waals surface area contributed by atoms with E-state index < -0.39 is 49.6 Å². The molecule has 3 aromatic rings. The normalized spacial score (nSPS) is 23.6. The molecule has 4 N–H and O–H groups in total. The Morgan fingerprint density at radius 1 is 1.28 bits per heavy atom. The number of hydrogen-bond donors (Lipinski definition) is 3. The summed E-state index contributed by atoms with van der Waals surface area (Å²) in [5.41, 5.74) is 4.14. The summed E-state index contributed by atoms with van der Waals surface area (Å²) >= 11 is 0. The van der Waals surface area contributed by atoms with Crippen LogP contribution < -0.4 is 15.3 Å². The number of aliphatic hydroxyl groups is 1. The maximum Gasteiger partial charge on any atom is 0.459 e. The molecule has 0 amide bonds. The van der Waals surface area contributed by atoms with Crippen molar-refractivity contribution in [2.75, 3.05) is 18.9 Å². The zero-order valence-electron chi connectivity index (χ0n) is 25.0. The lowest BCUT2D eigenvalue weighted by atomic mass is 9.85. The van der Waals surface area contributed by atoms with E-state index in [2.05, 4.69) is 21.2 Å². The minimum atomic E-state index is -4.30. The maximum atomic E-state index is 14.2. The number of carbonyl (C=O) groups is 1. The highest BCUT2D eigenvalue weighted by molar-refractivity contribution is 7.52. The third-order valence-corrected chi connectivity index (χ3v) is 9.52. The average Bonchev–Trinajstić information content (AvgIpc) is 3.52. The number of nitrogens with two attached hydrogens (primary N) is 1. The van der Waals surface area contributed by atoms with Crippen LogP contribution in [0.5, 0.6) is 5.75 Å². The summed E-state index contributed by atoms with van der Waals surface area (Å²) in [7, 11) is -4.30. The van der Waals surface area contributed by atoms with Gasteiger partial charge < -0.3 is 24.8 Å². The first-order chi connectivity index (χ1) is 20.4. The zero-order valence-corrected chi connectivity index (χ0v) is 25.9. The first-order valence-electron chi connectivity index (χ1n) is 14.2. The summed E-state index contributed by atoms with van der Waals surface area (Å²) in [4.78, 5) is 17.0. The van der Waals surface area contributed by atoms with E-state index in [0.717, 1.165) is 12.8 Å². The highest BCUT2D eigenvalue weighted by atomic mass is 31.2. The molecule has 0 saturated carbocycles. The fraction of sp³-hybridized carbons (Fsp3) is 0.517. The van der Waals surface area contributed by atoms with E-state index in [-0.39, 0.29) is 24.1 Å². The zero-order chi connectivity index (χ0) is 31.4. The van der Waals surface area contributed by atoms with Crippen molar-refractivity contribution in [1.82, 2.24) is 19.7 Å². The van der Waals surface area contributed by atoms with Crippen molar-refractivity contribution in [3.05, 3.63) is 54.5 Å². The van der Waals surface area contributed by atoms with Crippen molar-refractivity contribution in [3.8, 4) is 11.8 Å². The number of nitrogen functional groups attached to an aromatic ring is 1. The highest BCUT2D eigenvalue weighted by Crippen LogP contribution is 2.49. The van der Waals surface area contributed by atoms with E-state index in [4.69, 9.17) is 24.3 Å². The molecule has 5 atom stereocenters. The summed E-state index contributed by atoms with van der Waals surface area (Å²) < 4.78 is 39.0. The van der Waals surface area contributed by atoms with Gasteiger partial charge in [0.25, 0.3) is 0 Å². The number of nitrogens with zero attached hydrogens (tertiary/aromatic N) is 4. The number of carbonyl (C=O) groups excluding carboxylic acids is 1. The molecule has 232 valence electrons. The van der Waals surface area contributed by atoms with Gasteiger partial charge in [0.05, 0.1) is 25.0 Å². The van der Waals surface area contributed by atoms with E-state index >= 15 is 0 Å². The third-order valence-electron chi connectivity index (χ3n) is 7.75. The Balaban J connectivity index is 1.56. The number of benzene rings is 1. The van der Waals surface area contributed by atoms with Gasteiger partial charge in [0, 0.05) is 0 Å². The third kappa shape index (κ3) is 6.84. The molecule has 43 heavy (non-hydrogen) atoms. The summed E-state index contributed by atoms with van der Waals surface area (Å²) in [5.74, 6) is -1.01. The van der Waals surface area contributed by atoms with Crippen LogP contribution >= 0.6 is 7.75 Å². The Labute approximate surface area is 250 Å². The minimum absolute atomic E-state index is 0.201. The molecule has 4 rings (SSSR count). The number of esters is 1. The van der Waals surface area contributed by atoms with Gasteiger partial charge >= 0.3 is 13.7 Å². The van der Waals surface area contributed by atoms with Crippen molar-refractivity contribution in [3.63, 3.8) is 0 Å². The molecule has 14 heteroatoms. The van der Waals surface area contributed by atoms with Crippen LogP contribution in [0.15, 0.2) is 48.8 Å². The number of nitrogens with one attached hydrogen (secondary N) is 1.